The van der Waals surface area contributed by atoms with E-state index in [9.17, 15) is 9.59 Å². The third kappa shape index (κ3) is 8.90. The van der Waals surface area contributed by atoms with Crippen molar-refractivity contribution in [2.75, 3.05) is 39.5 Å². The number of likely N-dealkylation sites (tertiary alicyclic amines) is 1. The fourth-order valence-electron chi connectivity index (χ4n) is 7.51. The van der Waals surface area contributed by atoms with Gasteiger partial charge in [0.05, 0.1) is 6.54 Å². The molecule has 0 aromatic heterocycles. The van der Waals surface area contributed by atoms with E-state index in [4.69, 9.17) is 19.4 Å². The van der Waals surface area contributed by atoms with Gasteiger partial charge in [-0.05, 0) is 86.0 Å². The summed E-state index contributed by atoms with van der Waals surface area (Å²) in [6.07, 6.45) is 9.87. The number of hydrogen-bond donors (Lipinski definition) is 1. The van der Waals surface area contributed by atoms with E-state index in [2.05, 4.69) is 48.8 Å². The number of amides is 2. The first kappa shape index (κ1) is 35.7. The fraction of sp³-hybridized carbons (Fsp3) is 0.615. The molecule has 2 amide bonds. The van der Waals surface area contributed by atoms with Gasteiger partial charge in [-0.3, -0.25) is 19.3 Å². The van der Waals surface area contributed by atoms with E-state index in [1.807, 2.05) is 23.1 Å². The van der Waals surface area contributed by atoms with Crippen molar-refractivity contribution in [2.45, 2.75) is 110 Å². The van der Waals surface area contributed by atoms with Crippen molar-refractivity contribution in [3.05, 3.63) is 58.7 Å². The van der Waals surface area contributed by atoms with Crippen LogP contribution in [-0.2, 0) is 16.1 Å². The number of unbranched alkanes of at least 4 members (excludes halogenated alkanes) is 1. The van der Waals surface area contributed by atoms with Gasteiger partial charge in [-0.15, -0.1) is 0 Å². The average Bonchev–Trinajstić information content (AvgIpc) is 3.74. The van der Waals surface area contributed by atoms with E-state index in [1.165, 1.54) is 30.4 Å². The lowest BCUT2D eigenvalue weighted by Crippen LogP contribution is -2.44. The molecular weight excluding hydrogens is 606 g/mol. The van der Waals surface area contributed by atoms with Gasteiger partial charge in [0.1, 0.15) is 0 Å². The molecule has 0 radical (unpaired) electrons. The van der Waals surface area contributed by atoms with Crippen LogP contribution in [0, 0.1) is 5.92 Å². The summed E-state index contributed by atoms with van der Waals surface area (Å²) >= 11 is 0. The first-order valence-corrected chi connectivity index (χ1v) is 18.2. The van der Waals surface area contributed by atoms with Crippen molar-refractivity contribution in [1.29, 1.82) is 0 Å². The minimum absolute atomic E-state index is 0.134. The zero-order chi connectivity index (χ0) is 34.2. The number of ether oxygens (including phenoxy) is 2. The van der Waals surface area contributed by atoms with Crippen LogP contribution in [0.4, 0.5) is 0 Å². The van der Waals surface area contributed by atoms with Crippen LogP contribution in [0.15, 0.2) is 36.4 Å². The second-order valence-electron chi connectivity index (χ2n) is 14.4. The largest absolute Gasteiger partial charge is 0.481 e. The van der Waals surface area contributed by atoms with Crippen LogP contribution in [0.3, 0.4) is 0 Å². The molecule has 6 rings (SSSR count). The third-order valence-electron chi connectivity index (χ3n) is 10.4. The van der Waals surface area contributed by atoms with E-state index >= 15 is 0 Å². The molecule has 1 saturated heterocycles. The number of carbonyl (C=O) groups is 3. The smallest absolute Gasteiger partial charge is 0.300 e. The normalized spacial score (nSPS) is 20.0. The summed E-state index contributed by atoms with van der Waals surface area (Å²) < 4.78 is 11.8. The van der Waals surface area contributed by atoms with Gasteiger partial charge in [-0.1, -0.05) is 57.9 Å². The molecule has 1 aliphatic carbocycles. The van der Waals surface area contributed by atoms with Crippen LogP contribution in [-0.4, -0.2) is 83.1 Å². The Balaban J connectivity index is 0.00000107. The summed E-state index contributed by atoms with van der Waals surface area (Å²) in [6.45, 7) is 12.4. The molecule has 2 aromatic rings. The molecule has 4 aliphatic rings. The number of benzene rings is 2. The van der Waals surface area contributed by atoms with Crippen molar-refractivity contribution in [3.8, 4) is 11.5 Å². The summed E-state index contributed by atoms with van der Waals surface area (Å²) in [5.41, 5.74) is 4.57. The van der Waals surface area contributed by atoms with Crippen molar-refractivity contribution in [3.63, 3.8) is 0 Å². The summed E-state index contributed by atoms with van der Waals surface area (Å²) in [5, 5.41) is 7.42. The molecular formula is C39H55N3O6. The predicted molar refractivity (Wildman–Crippen MR) is 187 cm³/mol. The topological polar surface area (TPSA) is 99.6 Å². The van der Waals surface area contributed by atoms with Crippen molar-refractivity contribution >= 4 is 17.8 Å². The molecule has 0 bridgehead atoms. The first-order chi connectivity index (χ1) is 23.1. The highest BCUT2D eigenvalue weighted by Gasteiger charge is 2.38. The van der Waals surface area contributed by atoms with Crippen LogP contribution in [0.2, 0.25) is 0 Å². The van der Waals surface area contributed by atoms with Crippen LogP contribution >= 0.6 is 0 Å². The lowest BCUT2D eigenvalue weighted by molar-refractivity contribution is -0.134. The predicted octanol–water partition coefficient (Wildman–Crippen LogP) is 7.04. The fourth-order valence-corrected chi connectivity index (χ4v) is 7.51. The monoisotopic (exact) mass is 661 g/mol. The van der Waals surface area contributed by atoms with Crippen LogP contribution in [0.25, 0.3) is 0 Å². The Bertz CT molecular complexity index is 1420. The quantitative estimate of drug-likeness (QED) is 0.232. The molecule has 0 unspecified atom stereocenters. The molecule has 2 fully saturated rings. The van der Waals surface area contributed by atoms with Gasteiger partial charge in [-0.25, -0.2) is 0 Å². The Kier molecular flexibility index (Phi) is 12.4. The highest BCUT2D eigenvalue weighted by molar-refractivity contribution is 5.98. The number of carbonyl (C=O) groups excluding carboxylic acids is 2. The van der Waals surface area contributed by atoms with Crippen LogP contribution < -0.4 is 9.47 Å². The van der Waals surface area contributed by atoms with Crippen molar-refractivity contribution < 1.29 is 29.0 Å². The molecule has 262 valence electrons. The van der Waals surface area contributed by atoms with Crippen LogP contribution in [0.1, 0.15) is 124 Å². The number of carboxylic acid groups (broad SMARTS) is 1. The Morgan fingerprint density at radius 3 is 2.50 bits per heavy atom. The summed E-state index contributed by atoms with van der Waals surface area (Å²) in [5.74, 6) is 2.89. The SMILES string of the molecule is CC(=O)O.CCCCN(CCCC(C)C)C(=O)CN1C[C@H](c2cc3c(c(C4CCC4)c2)OCO3)C[C@@H]1CCN1Cc2ccccc2C1=O. The number of hydrogen-bond acceptors (Lipinski definition) is 6. The Labute approximate surface area is 286 Å². The number of rotatable bonds is 14. The highest BCUT2D eigenvalue weighted by atomic mass is 16.7. The minimum atomic E-state index is -0.833. The van der Waals surface area contributed by atoms with Gasteiger partial charge < -0.3 is 24.4 Å². The second kappa shape index (κ2) is 16.7. The third-order valence-corrected chi connectivity index (χ3v) is 10.4. The molecule has 48 heavy (non-hydrogen) atoms. The number of aliphatic carboxylic acids is 1. The standard InChI is InChI=1S/C37H51N3O4.C2H4O2/c1-4-5-16-38(17-9-10-26(2)3)35(41)24-40-23-30(29-20-33(27-12-8-13-27)36-34(21-29)43-25-44-36)19-31(40)15-18-39-22-28-11-6-7-14-32(28)37(39)42;1-2(3)4/h6-7,11,14,20-21,26-27,30-31H,4-5,8-10,12-13,15-19,22-25H2,1-3H3;1H3,(H,3,4)/t30-,31+;/m1./s1. The van der Waals surface area contributed by atoms with Gasteiger partial charge >= 0.3 is 0 Å². The molecule has 3 heterocycles. The maximum atomic E-state index is 13.9. The van der Waals surface area contributed by atoms with Gasteiger partial charge in [0.2, 0.25) is 12.7 Å². The van der Waals surface area contributed by atoms with E-state index in [0.717, 1.165) is 87.7 Å². The Morgan fingerprint density at radius 1 is 1.06 bits per heavy atom. The lowest BCUT2D eigenvalue weighted by Gasteiger charge is -2.29. The molecule has 1 N–H and O–H groups in total. The zero-order valence-electron chi connectivity index (χ0n) is 29.4. The van der Waals surface area contributed by atoms with Gasteiger partial charge in [0.15, 0.2) is 11.5 Å². The number of nitrogens with zero attached hydrogens (tertiary/aromatic N) is 3. The molecule has 0 spiro atoms. The molecule has 9 nitrogen and oxygen atoms in total. The summed E-state index contributed by atoms with van der Waals surface area (Å²) in [4.78, 5) is 42.5. The van der Waals surface area contributed by atoms with Gasteiger partial charge in [0.25, 0.3) is 11.9 Å². The van der Waals surface area contributed by atoms with Crippen molar-refractivity contribution in [1.82, 2.24) is 14.7 Å². The molecule has 2 atom stereocenters. The lowest BCUT2D eigenvalue weighted by atomic mass is 9.78. The second-order valence-corrected chi connectivity index (χ2v) is 14.4. The van der Waals surface area contributed by atoms with E-state index in [1.54, 1.807) is 0 Å². The van der Waals surface area contributed by atoms with Gasteiger partial charge in [-0.2, -0.15) is 0 Å². The minimum Gasteiger partial charge on any atom is -0.481 e. The van der Waals surface area contributed by atoms with Crippen LogP contribution in [0.5, 0.6) is 11.5 Å². The van der Waals surface area contributed by atoms with E-state index in [0.29, 0.717) is 44.2 Å². The average molecular weight is 662 g/mol. The summed E-state index contributed by atoms with van der Waals surface area (Å²) in [6, 6.07) is 12.8. The molecule has 3 aliphatic heterocycles. The molecule has 2 aromatic carbocycles. The first-order valence-electron chi connectivity index (χ1n) is 18.2. The maximum Gasteiger partial charge on any atom is 0.300 e. The summed E-state index contributed by atoms with van der Waals surface area (Å²) in [7, 11) is 0. The Morgan fingerprint density at radius 2 is 1.81 bits per heavy atom. The highest BCUT2D eigenvalue weighted by Crippen LogP contribution is 2.49. The zero-order valence-corrected chi connectivity index (χ0v) is 29.4. The number of carboxylic acids is 1. The molecule has 9 heteroatoms. The van der Waals surface area contributed by atoms with E-state index in [-0.39, 0.29) is 17.9 Å². The number of fused-ring (bicyclic) bond motifs is 2. The molecule has 1 saturated carbocycles. The van der Waals surface area contributed by atoms with Gasteiger partial charge in [0, 0.05) is 56.8 Å². The van der Waals surface area contributed by atoms with Crippen molar-refractivity contribution in [2.24, 2.45) is 5.92 Å². The maximum absolute atomic E-state index is 13.9. The Hall–Kier alpha value is -3.59. The van der Waals surface area contributed by atoms with E-state index < -0.39 is 5.97 Å².